The molecule has 1 aliphatic carbocycles. The number of rotatable bonds is 4. The first-order chi connectivity index (χ1) is 9.97. The summed E-state index contributed by atoms with van der Waals surface area (Å²) in [6.45, 7) is 2.63. The third-order valence-corrected chi connectivity index (χ3v) is 6.30. The number of nitrogens with one attached hydrogen (secondary N) is 1. The molecule has 3 nitrogen and oxygen atoms in total. The Hall–Kier alpha value is -0.680. The van der Waals surface area contributed by atoms with Crippen LogP contribution in [0.5, 0.6) is 0 Å². The molecule has 1 aliphatic rings. The summed E-state index contributed by atoms with van der Waals surface area (Å²) in [6, 6.07) is 3.67. The van der Waals surface area contributed by atoms with Crippen molar-refractivity contribution in [3.05, 3.63) is 27.7 Å². The molecule has 21 heavy (non-hydrogen) atoms. The molecule has 0 unspecified atom stereocenters. The first kappa shape index (κ1) is 16.7. The fraction of sp³-hybridized carbons (Fsp3) is 0.562. The second-order valence-electron chi connectivity index (χ2n) is 5.80. The highest BCUT2D eigenvalue weighted by Gasteiger charge is 2.31. The molecule has 0 saturated heterocycles. The highest BCUT2D eigenvalue weighted by Crippen LogP contribution is 2.38. The summed E-state index contributed by atoms with van der Waals surface area (Å²) in [5.74, 6) is -0.0282. The van der Waals surface area contributed by atoms with Crippen molar-refractivity contribution < 1.29 is 4.79 Å². The van der Waals surface area contributed by atoms with Crippen molar-refractivity contribution in [1.82, 2.24) is 5.32 Å². The normalized spacial score (nSPS) is 17.5. The number of benzene rings is 1. The fourth-order valence-corrected chi connectivity index (χ4v) is 4.31. The van der Waals surface area contributed by atoms with E-state index in [4.69, 9.17) is 5.73 Å². The average molecular weight is 371 g/mol. The first-order valence-electron chi connectivity index (χ1n) is 7.36. The van der Waals surface area contributed by atoms with Gasteiger partial charge < -0.3 is 11.1 Å². The summed E-state index contributed by atoms with van der Waals surface area (Å²) in [4.78, 5) is 12.5. The number of amides is 1. The standard InChI is InChI=1S/C16H23BrN2OS/c1-11-13(8-12(17)9-14(11)18)15(20)19-10-16(21-2)6-4-3-5-7-16/h8-9H,3-7,10,18H2,1-2H3,(H,19,20). The molecule has 0 heterocycles. The van der Waals surface area contributed by atoms with Gasteiger partial charge in [0.15, 0.2) is 0 Å². The number of anilines is 1. The van der Waals surface area contributed by atoms with E-state index in [1.54, 1.807) is 0 Å². The average Bonchev–Trinajstić information content (AvgIpc) is 2.49. The zero-order valence-corrected chi connectivity index (χ0v) is 15.1. The smallest absolute Gasteiger partial charge is 0.251 e. The molecule has 1 amide bonds. The zero-order valence-electron chi connectivity index (χ0n) is 12.7. The molecule has 0 aromatic heterocycles. The summed E-state index contributed by atoms with van der Waals surface area (Å²) in [5, 5.41) is 3.12. The number of carbonyl (C=O) groups is 1. The molecule has 116 valence electrons. The van der Waals surface area contributed by atoms with Gasteiger partial charge in [-0.25, -0.2) is 0 Å². The van der Waals surface area contributed by atoms with E-state index < -0.39 is 0 Å². The lowest BCUT2D eigenvalue weighted by atomic mass is 9.88. The molecule has 1 aromatic rings. The number of thioether (sulfide) groups is 1. The van der Waals surface area contributed by atoms with Gasteiger partial charge in [-0.15, -0.1) is 0 Å². The first-order valence-corrected chi connectivity index (χ1v) is 9.38. The Kier molecular flexibility index (Phi) is 5.60. The van der Waals surface area contributed by atoms with Gasteiger partial charge in [0.1, 0.15) is 0 Å². The molecule has 0 bridgehead atoms. The summed E-state index contributed by atoms with van der Waals surface area (Å²) in [6.07, 6.45) is 8.37. The van der Waals surface area contributed by atoms with Crippen molar-refractivity contribution in [2.24, 2.45) is 0 Å². The lowest BCUT2D eigenvalue weighted by Crippen LogP contribution is -2.42. The van der Waals surface area contributed by atoms with Gasteiger partial charge in [0.2, 0.25) is 0 Å². The predicted octanol–water partition coefficient (Wildman–Crippen LogP) is 4.14. The molecule has 2 rings (SSSR count). The minimum Gasteiger partial charge on any atom is -0.398 e. The summed E-state index contributed by atoms with van der Waals surface area (Å²) in [7, 11) is 0. The molecule has 0 radical (unpaired) electrons. The molecule has 0 atom stereocenters. The Morgan fingerprint density at radius 2 is 2.05 bits per heavy atom. The largest absolute Gasteiger partial charge is 0.398 e. The topological polar surface area (TPSA) is 55.1 Å². The molecule has 1 saturated carbocycles. The number of nitrogens with two attached hydrogens (primary N) is 1. The van der Waals surface area contributed by atoms with E-state index in [2.05, 4.69) is 27.5 Å². The maximum Gasteiger partial charge on any atom is 0.251 e. The second-order valence-corrected chi connectivity index (χ2v) is 7.99. The Morgan fingerprint density at radius 3 is 2.67 bits per heavy atom. The molecule has 1 aromatic carbocycles. The van der Waals surface area contributed by atoms with Gasteiger partial charge in [0.05, 0.1) is 0 Å². The minimum absolute atomic E-state index is 0.0282. The maximum atomic E-state index is 12.5. The van der Waals surface area contributed by atoms with Crippen LogP contribution in [0.15, 0.2) is 16.6 Å². The van der Waals surface area contributed by atoms with Crippen molar-refractivity contribution in [2.75, 3.05) is 18.5 Å². The van der Waals surface area contributed by atoms with E-state index in [9.17, 15) is 4.79 Å². The monoisotopic (exact) mass is 370 g/mol. The lowest BCUT2D eigenvalue weighted by Gasteiger charge is -2.35. The highest BCUT2D eigenvalue weighted by atomic mass is 79.9. The maximum absolute atomic E-state index is 12.5. The SMILES string of the molecule is CSC1(CNC(=O)c2cc(Br)cc(N)c2C)CCCCC1. The van der Waals surface area contributed by atoms with Gasteiger partial charge in [0.25, 0.3) is 5.91 Å². The van der Waals surface area contributed by atoms with Crippen molar-refractivity contribution in [2.45, 2.75) is 43.8 Å². The van der Waals surface area contributed by atoms with Crippen molar-refractivity contribution in [1.29, 1.82) is 0 Å². The van der Waals surface area contributed by atoms with E-state index in [1.165, 1.54) is 32.1 Å². The Balaban J connectivity index is 2.08. The quantitative estimate of drug-likeness (QED) is 0.783. The van der Waals surface area contributed by atoms with E-state index in [0.29, 0.717) is 11.3 Å². The van der Waals surface area contributed by atoms with Crippen molar-refractivity contribution in [3.8, 4) is 0 Å². The van der Waals surface area contributed by atoms with Gasteiger partial charge in [-0.05, 0) is 43.7 Å². The highest BCUT2D eigenvalue weighted by molar-refractivity contribution is 9.10. The van der Waals surface area contributed by atoms with Crippen LogP contribution >= 0.6 is 27.7 Å². The number of carbonyl (C=O) groups excluding carboxylic acids is 1. The molecule has 0 spiro atoms. The number of nitrogen functional groups attached to an aromatic ring is 1. The van der Waals surface area contributed by atoms with Gasteiger partial charge in [0, 0.05) is 27.0 Å². The van der Waals surface area contributed by atoms with Crippen LogP contribution in [0.25, 0.3) is 0 Å². The lowest BCUT2D eigenvalue weighted by molar-refractivity contribution is 0.0946. The Morgan fingerprint density at radius 1 is 1.38 bits per heavy atom. The van der Waals surface area contributed by atoms with E-state index in [-0.39, 0.29) is 10.7 Å². The Labute approximate surface area is 139 Å². The van der Waals surface area contributed by atoms with Crippen LogP contribution in [0.3, 0.4) is 0 Å². The second kappa shape index (κ2) is 7.05. The van der Waals surface area contributed by atoms with Crippen LogP contribution in [0.1, 0.15) is 48.0 Å². The molecule has 1 fully saturated rings. The van der Waals surface area contributed by atoms with Gasteiger partial charge in [-0.1, -0.05) is 35.2 Å². The fourth-order valence-electron chi connectivity index (χ4n) is 2.92. The van der Waals surface area contributed by atoms with E-state index in [1.807, 2.05) is 30.8 Å². The van der Waals surface area contributed by atoms with Gasteiger partial charge in [-0.3, -0.25) is 4.79 Å². The van der Waals surface area contributed by atoms with Crippen LogP contribution in [0, 0.1) is 6.92 Å². The predicted molar refractivity (Wildman–Crippen MR) is 95.0 cm³/mol. The number of hydrogen-bond acceptors (Lipinski definition) is 3. The number of hydrogen-bond donors (Lipinski definition) is 2. The van der Waals surface area contributed by atoms with Crippen LogP contribution in [0.4, 0.5) is 5.69 Å². The van der Waals surface area contributed by atoms with Crippen LogP contribution in [-0.2, 0) is 0 Å². The molecule has 0 aliphatic heterocycles. The molecular weight excluding hydrogens is 348 g/mol. The summed E-state index contributed by atoms with van der Waals surface area (Å²) < 4.78 is 1.05. The Bertz CT molecular complexity index is 527. The third kappa shape index (κ3) is 3.95. The molecule has 3 N–H and O–H groups in total. The van der Waals surface area contributed by atoms with E-state index >= 15 is 0 Å². The van der Waals surface area contributed by atoms with Crippen LogP contribution < -0.4 is 11.1 Å². The van der Waals surface area contributed by atoms with Crippen molar-refractivity contribution >= 4 is 39.3 Å². The molecular formula is C16H23BrN2OS. The minimum atomic E-state index is -0.0282. The van der Waals surface area contributed by atoms with Crippen molar-refractivity contribution in [3.63, 3.8) is 0 Å². The third-order valence-electron chi connectivity index (χ3n) is 4.43. The molecule has 5 heteroatoms. The van der Waals surface area contributed by atoms with Gasteiger partial charge >= 0.3 is 0 Å². The van der Waals surface area contributed by atoms with Gasteiger partial charge in [-0.2, -0.15) is 11.8 Å². The summed E-state index contributed by atoms with van der Waals surface area (Å²) >= 11 is 5.30. The van der Waals surface area contributed by atoms with Crippen LogP contribution in [0.2, 0.25) is 0 Å². The van der Waals surface area contributed by atoms with Crippen LogP contribution in [-0.4, -0.2) is 23.5 Å². The zero-order chi connectivity index (χ0) is 15.5. The van der Waals surface area contributed by atoms with E-state index in [0.717, 1.165) is 16.6 Å². The number of halogens is 1. The summed E-state index contributed by atoms with van der Waals surface area (Å²) in [5.41, 5.74) is 8.09.